The molecule has 7 nitrogen and oxygen atoms in total. The summed E-state index contributed by atoms with van der Waals surface area (Å²) >= 11 is 0. The summed E-state index contributed by atoms with van der Waals surface area (Å²) in [6.07, 6.45) is 0. The lowest BCUT2D eigenvalue weighted by molar-refractivity contribution is -0.886. The molecule has 0 spiro atoms. The maximum Gasteiger partial charge on any atom is 0.294 e. The van der Waals surface area contributed by atoms with Gasteiger partial charge in [-0.25, -0.2) is 4.98 Å². The molecule has 0 saturated carbocycles. The van der Waals surface area contributed by atoms with E-state index in [1.54, 1.807) is 0 Å². The van der Waals surface area contributed by atoms with Gasteiger partial charge < -0.3 is 19.6 Å². The maximum atomic E-state index is 12.2. The Hall–Kier alpha value is -2.67. The van der Waals surface area contributed by atoms with Crippen molar-refractivity contribution in [3.8, 4) is 0 Å². The quantitative estimate of drug-likeness (QED) is 0.624. The number of carbonyl (C=O) groups is 1. The van der Waals surface area contributed by atoms with Gasteiger partial charge in [-0.15, -0.1) is 0 Å². The zero-order valence-corrected chi connectivity index (χ0v) is 14.0. The molecule has 1 unspecified atom stereocenters. The van der Waals surface area contributed by atoms with Gasteiger partial charge in [0.1, 0.15) is 17.6 Å². The van der Waals surface area contributed by atoms with Crippen molar-refractivity contribution in [3.63, 3.8) is 0 Å². The van der Waals surface area contributed by atoms with Crippen LogP contribution < -0.4 is 15.8 Å². The van der Waals surface area contributed by atoms with Crippen LogP contribution in [-0.4, -0.2) is 35.5 Å². The third kappa shape index (κ3) is 3.30. The van der Waals surface area contributed by atoms with Gasteiger partial charge in [0, 0.05) is 11.4 Å². The van der Waals surface area contributed by atoms with Gasteiger partial charge in [0.15, 0.2) is 12.4 Å². The van der Waals surface area contributed by atoms with Crippen LogP contribution in [0.1, 0.15) is 19.7 Å². The molecule has 0 fully saturated rings. The molecule has 2 aromatic heterocycles. The smallest absolute Gasteiger partial charge is 0.294 e. The van der Waals surface area contributed by atoms with E-state index in [0.717, 1.165) is 10.3 Å². The number of quaternary nitrogens is 1. The summed E-state index contributed by atoms with van der Waals surface area (Å²) in [6, 6.07) is 7.53. The van der Waals surface area contributed by atoms with Crippen molar-refractivity contribution in [1.82, 2.24) is 15.3 Å². The summed E-state index contributed by atoms with van der Waals surface area (Å²) in [5.74, 6) is 0.508. The van der Waals surface area contributed by atoms with Crippen LogP contribution in [-0.2, 0) is 11.3 Å². The van der Waals surface area contributed by atoms with Crippen LogP contribution >= 0.6 is 0 Å². The average Bonchev–Trinajstić information content (AvgIpc) is 2.85. The number of fused-ring (bicyclic) bond motifs is 3. The van der Waals surface area contributed by atoms with E-state index >= 15 is 0 Å². The van der Waals surface area contributed by atoms with Crippen molar-refractivity contribution in [2.24, 2.45) is 0 Å². The van der Waals surface area contributed by atoms with Crippen molar-refractivity contribution >= 4 is 28.0 Å². The molecule has 0 aliphatic carbocycles. The van der Waals surface area contributed by atoms with Crippen molar-refractivity contribution in [2.75, 3.05) is 13.6 Å². The standard InChI is InChI=1S/C17H20N4O3/c1-10(2)18-14(22)9-21(3)8-13-19-15-11-6-4-5-7-12(11)24-16(15)17(23)20-13/h4-7,10H,8-9H2,1-3H3,(H,18,22)(H,19,20,23)/p+1. The van der Waals surface area contributed by atoms with Crippen molar-refractivity contribution in [3.05, 3.63) is 40.4 Å². The number of aromatic amines is 1. The highest BCUT2D eigenvalue weighted by Crippen LogP contribution is 2.24. The Morgan fingerprint density at radius 3 is 2.88 bits per heavy atom. The average molecular weight is 329 g/mol. The minimum Gasteiger partial charge on any atom is -0.449 e. The number of para-hydroxylation sites is 1. The Labute approximate surface area is 138 Å². The Bertz CT molecular complexity index is 942. The van der Waals surface area contributed by atoms with Gasteiger partial charge in [0.2, 0.25) is 5.58 Å². The zero-order valence-electron chi connectivity index (χ0n) is 14.0. The molecule has 1 aromatic carbocycles. The number of carbonyl (C=O) groups excluding carboxylic acids is 1. The van der Waals surface area contributed by atoms with Gasteiger partial charge in [-0.3, -0.25) is 9.59 Å². The normalized spacial score (nSPS) is 12.8. The van der Waals surface area contributed by atoms with Crippen LogP contribution in [0.4, 0.5) is 0 Å². The molecule has 0 aliphatic rings. The number of likely N-dealkylation sites (N-methyl/N-ethyl adjacent to an activating group) is 1. The molecule has 0 aliphatic heterocycles. The number of nitrogens with zero attached hydrogens (tertiary/aromatic N) is 1. The molecule has 3 rings (SSSR count). The highest BCUT2D eigenvalue weighted by atomic mass is 16.3. The SMILES string of the molecule is CC(C)NC(=O)C[NH+](C)Cc1nc2c(oc3ccccc32)c(=O)[nH]1. The second-order valence-corrected chi connectivity index (χ2v) is 6.32. The van der Waals surface area contributed by atoms with Crippen LogP contribution in [0.15, 0.2) is 33.5 Å². The Morgan fingerprint density at radius 2 is 2.12 bits per heavy atom. The van der Waals surface area contributed by atoms with E-state index in [1.807, 2.05) is 45.2 Å². The third-order valence-electron chi connectivity index (χ3n) is 3.66. The number of H-pyrrole nitrogens is 1. The molecule has 0 bridgehead atoms. The van der Waals surface area contributed by atoms with Gasteiger partial charge >= 0.3 is 0 Å². The number of hydrogen-bond donors (Lipinski definition) is 3. The highest BCUT2D eigenvalue weighted by Gasteiger charge is 2.16. The molecular weight excluding hydrogens is 308 g/mol. The molecule has 0 saturated heterocycles. The summed E-state index contributed by atoms with van der Waals surface area (Å²) in [6.45, 7) is 4.59. The van der Waals surface area contributed by atoms with Gasteiger partial charge in [-0.1, -0.05) is 12.1 Å². The van der Waals surface area contributed by atoms with E-state index in [4.69, 9.17) is 4.42 Å². The molecule has 3 N–H and O–H groups in total. The van der Waals surface area contributed by atoms with Gasteiger partial charge in [0.25, 0.3) is 11.5 Å². The van der Waals surface area contributed by atoms with E-state index in [0.29, 0.717) is 30.0 Å². The summed E-state index contributed by atoms with van der Waals surface area (Å²) in [4.78, 5) is 32.3. The van der Waals surface area contributed by atoms with Crippen LogP contribution in [0.25, 0.3) is 22.1 Å². The first kappa shape index (κ1) is 16.2. The van der Waals surface area contributed by atoms with Gasteiger partial charge in [-0.2, -0.15) is 0 Å². The molecule has 7 heteroatoms. The Balaban J connectivity index is 1.86. The number of hydrogen-bond acceptors (Lipinski definition) is 4. The molecule has 126 valence electrons. The topological polar surface area (TPSA) is 92.4 Å². The summed E-state index contributed by atoms with van der Waals surface area (Å²) in [5, 5.41) is 3.67. The van der Waals surface area contributed by atoms with Crippen molar-refractivity contribution in [1.29, 1.82) is 0 Å². The summed E-state index contributed by atoms with van der Waals surface area (Å²) in [7, 11) is 1.89. The predicted octanol–water partition coefficient (Wildman–Crippen LogP) is 0.209. The van der Waals surface area contributed by atoms with Crippen LogP contribution in [0.3, 0.4) is 0 Å². The van der Waals surface area contributed by atoms with E-state index in [9.17, 15) is 9.59 Å². The molecule has 0 radical (unpaired) electrons. The van der Waals surface area contributed by atoms with Crippen molar-refractivity contribution in [2.45, 2.75) is 26.4 Å². The van der Waals surface area contributed by atoms with Gasteiger partial charge in [-0.05, 0) is 26.0 Å². The Morgan fingerprint density at radius 1 is 1.38 bits per heavy atom. The van der Waals surface area contributed by atoms with Crippen molar-refractivity contribution < 1.29 is 14.1 Å². The number of rotatable bonds is 5. The van der Waals surface area contributed by atoms with E-state index in [1.165, 1.54) is 0 Å². The first-order chi connectivity index (χ1) is 11.4. The molecule has 3 aromatic rings. The highest BCUT2D eigenvalue weighted by molar-refractivity contribution is 6.01. The predicted molar refractivity (Wildman–Crippen MR) is 90.9 cm³/mol. The minimum atomic E-state index is -0.300. The zero-order chi connectivity index (χ0) is 17.3. The molecule has 24 heavy (non-hydrogen) atoms. The fourth-order valence-corrected chi connectivity index (χ4v) is 2.73. The second kappa shape index (κ2) is 6.45. The lowest BCUT2D eigenvalue weighted by atomic mass is 10.2. The molecule has 2 heterocycles. The molecule has 1 atom stereocenters. The largest absolute Gasteiger partial charge is 0.449 e. The van der Waals surface area contributed by atoms with E-state index < -0.39 is 0 Å². The van der Waals surface area contributed by atoms with E-state index in [2.05, 4.69) is 15.3 Å². The Kier molecular flexibility index (Phi) is 4.35. The summed E-state index contributed by atoms with van der Waals surface area (Å²) in [5.41, 5.74) is 1.13. The number of benzene rings is 1. The molecular formula is C17H21N4O3+. The second-order valence-electron chi connectivity index (χ2n) is 6.32. The maximum absolute atomic E-state index is 12.2. The fourth-order valence-electron chi connectivity index (χ4n) is 2.73. The first-order valence-electron chi connectivity index (χ1n) is 7.95. The summed E-state index contributed by atoms with van der Waals surface area (Å²) < 4.78 is 5.57. The minimum absolute atomic E-state index is 0.0281. The van der Waals surface area contributed by atoms with Crippen LogP contribution in [0, 0.1) is 0 Å². The third-order valence-corrected chi connectivity index (χ3v) is 3.66. The fraction of sp³-hybridized carbons (Fsp3) is 0.353. The number of nitrogens with one attached hydrogen (secondary N) is 3. The lowest BCUT2D eigenvalue weighted by Crippen LogP contribution is -3.09. The monoisotopic (exact) mass is 329 g/mol. The number of amides is 1. The van der Waals surface area contributed by atoms with Crippen LogP contribution in [0.2, 0.25) is 0 Å². The first-order valence-corrected chi connectivity index (χ1v) is 7.95. The number of aromatic nitrogens is 2. The van der Waals surface area contributed by atoms with Crippen LogP contribution in [0.5, 0.6) is 0 Å². The molecule has 1 amide bonds. The van der Waals surface area contributed by atoms with E-state index in [-0.39, 0.29) is 23.1 Å². The lowest BCUT2D eigenvalue weighted by Gasteiger charge is -2.14. The van der Waals surface area contributed by atoms with Gasteiger partial charge in [0.05, 0.1) is 7.05 Å². The number of furan rings is 1.